The second kappa shape index (κ2) is 6.24. The fraction of sp³-hybridized carbons (Fsp3) is 0.200. The number of hydrogen-bond donors (Lipinski definition) is 1. The van der Waals surface area contributed by atoms with Gasteiger partial charge in [-0.15, -0.1) is 0 Å². The summed E-state index contributed by atoms with van der Waals surface area (Å²) in [7, 11) is -1.99. The monoisotopic (exact) mass is 309 g/mol. The molecular weight excluding hydrogens is 293 g/mol. The van der Waals surface area contributed by atoms with Gasteiger partial charge in [-0.05, 0) is 42.0 Å². The molecule has 2 aromatic rings. The third kappa shape index (κ3) is 3.59. The Morgan fingerprint density at radius 2 is 1.81 bits per heavy atom. The van der Waals surface area contributed by atoms with Crippen LogP contribution in [0.2, 0.25) is 0 Å². The molecule has 2 N–H and O–H groups in total. The van der Waals surface area contributed by atoms with Gasteiger partial charge >= 0.3 is 0 Å². The summed E-state index contributed by atoms with van der Waals surface area (Å²) in [4.78, 5) is 0.0917. The minimum atomic E-state index is -3.52. The second-order valence-corrected chi connectivity index (χ2v) is 6.55. The molecule has 0 aliphatic carbocycles. The lowest BCUT2D eigenvalue weighted by atomic mass is 10.1. The quantitative estimate of drug-likeness (QED) is 0.860. The van der Waals surface area contributed by atoms with Gasteiger partial charge in [0, 0.05) is 12.1 Å². The Morgan fingerprint density at radius 3 is 2.38 bits per heavy atom. The topological polar surface area (TPSA) is 69.4 Å². The van der Waals surface area contributed by atoms with Gasteiger partial charge in [0.1, 0.15) is 11.6 Å². The molecule has 0 amide bonds. The van der Waals surface area contributed by atoms with Gasteiger partial charge in [-0.25, -0.2) is 12.8 Å². The molecule has 6 heteroatoms. The van der Waals surface area contributed by atoms with Crippen molar-refractivity contribution in [2.75, 3.05) is 7.11 Å². The first-order chi connectivity index (χ1) is 9.96. The van der Waals surface area contributed by atoms with Crippen LogP contribution in [0, 0.1) is 5.82 Å². The first-order valence-electron chi connectivity index (χ1n) is 6.30. The Balaban J connectivity index is 2.30. The summed E-state index contributed by atoms with van der Waals surface area (Å²) in [6, 6.07) is 9.87. The first-order valence-corrected chi connectivity index (χ1v) is 7.95. The number of halogens is 1. The van der Waals surface area contributed by atoms with Crippen molar-refractivity contribution in [3.05, 3.63) is 59.4 Å². The van der Waals surface area contributed by atoms with Gasteiger partial charge in [-0.1, -0.05) is 6.07 Å². The fourth-order valence-corrected chi connectivity index (χ4v) is 3.36. The normalized spacial score (nSPS) is 11.4. The van der Waals surface area contributed by atoms with Gasteiger partial charge in [-0.2, -0.15) is 0 Å². The zero-order valence-corrected chi connectivity index (χ0v) is 12.4. The van der Waals surface area contributed by atoms with E-state index >= 15 is 0 Å². The van der Waals surface area contributed by atoms with Crippen molar-refractivity contribution in [1.29, 1.82) is 0 Å². The highest BCUT2D eigenvalue weighted by molar-refractivity contribution is 7.90. The van der Waals surface area contributed by atoms with Crippen molar-refractivity contribution in [2.45, 2.75) is 17.2 Å². The molecule has 0 atom stereocenters. The van der Waals surface area contributed by atoms with Crippen LogP contribution in [0.5, 0.6) is 5.75 Å². The van der Waals surface area contributed by atoms with E-state index in [9.17, 15) is 12.8 Å². The summed E-state index contributed by atoms with van der Waals surface area (Å²) < 4.78 is 42.6. The van der Waals surface area contributed by atoms with Gasteiger partial charge in [0.15, 0.2) is 9.84 Å². The maximum Gasteiger partial charge on any atom is 0.182 e. The van der Waals surface area contributed by atoms with Crippen LogP contribution in [-0.2, 0) is 22.1 Å². The highest BCUT2D eigenvalue weighted by atomic mass is 32.2. The van der Waals surface area contributed by atoms with Gasteiger partial charge in [0.2, 0.25) is 0 Å². The molecule has 4 nitrogen and oxygen atoms in total. The van der Waals surface area contributed by atoms with Crippen LogP contribution in [-0.4, -0.2) is 15.5 Å². The molecule has 0 heterocycles. The van der Waals surface area contributed by atoms with Crippen molar-refractivity contribution < 1.29 is 17.5 Å². The second-order valence-electron chi connectivity index (χ2n) is 4.56. The summed E-state index contributed by atoms with van der Waals surface area (Å²) in [5.41, 5.74) is 6.97. The molecule has 0 saturated carbocycles. The Hall–Kier alpha value is -1.92. The van der Waals surface area contributed by atoms with Crippen LogP contribution < -0.4 is 10.5 Å². The van der Waals surface area contributed by atoms with Gasteiger partial charge in [0.05, 0.1) is 17.8 Å². The minimum absolute atomic E-state index is 0.0917. The lowest BCUT2D eigenvalue weighted by Crippen LogP contribution is -2.07. The third-order valence-electron chi connectivity index (χ3n) is 3.09. The van der Waals surface area contributed by atoms with E-state index in [0.29, 0.717) is 11.3 Å². The van der Waals surface area contributed by atoms with Crippen LogP contribution in [0.3, 0.4) is 0 Å². The highest BCUT2D eigenvalue weighted by Gasteiger charge is 2.16. The van der Waals surface area contributed by atoms with Crippen molar-refractivity contribution >= 4 is 9.84 Å². The van der Waals surface area contributed by atoms with E-state index in [2.05, 4.69) is 0 Å². The maximum atomic E-state index is 12.9. The molecule has 0 spiro atoms. The molecule has 0 saturated heterocycles. The van der Waals surface area contributed by atoms with Gasteiger partial charge in [-0.3, -0.25) is 0 Å². The molecule has 21 heavy (non-hydrogen) atoms. The molecule has 0 aromatic heterocycles. The molecule has 0 aliphatic rings. The van der Waals surface area contributed by atoms with E-state index < -0.39 is 15.7 Å². The van der Waals surface area contributed by atoms with E-state index in [1.807, 2.05) is 0 Å². The summed E-state index contributed by atoms with van der Waals surface area (Å²) >= 11 is 0. The van der Waals surface area contributed by atoms with E-state index in [1.165, 1.54) is 19.2 Å². The van der Waals surface area contributed by atoms with Gasteiger partial charge < -0.3 is 10.5 Å². The smallest absolute Gasteiger partial charge is 0.182 e. The summed E-state index contributed by atoms with van der Waals surface area (Å²) in [5.74, 6) is -0.0143. The lowest BCUT2D eigenvalue weighted by molar-refractivity contribution is 0.409. The summed E-state index contributed by atoms with van der Waals surface area (Å²) in [6.07, 6.45) is 0. The van der Waals surface area contributed by atoms with Gasteiger partial charge in [0.25, 0.3) is 0 Å². The van der Waals surface area contributed by atoms with Crippen molar-refractivity contribution in [3.63, 3.8) is 0 Å². The molecule has 112 valence electrons. The SMILES string of the molecule is COc1ccc(CS(=O)(=O)c2ccc(F)cc2)cc1CN. The predicted octanol–water partition coefficient (Wildman–Crippen LogP) is 2.27. The van der Waals surface area contributed by atoms with Crippen LogP contribution in [0.25, 0.3) is 0 Å². The Kier molecular flexibility index (Phi) is 4.59. The maximum absolute atomic E-state index is 12.9. The fourth-order valence-electron chi connectivity index (χ4n) is 2.03. The van der Waals surface area contributed by atoms with Crippen LogP contribution in [0.15, 0.2) is 47.4 Å². The zero-order valence-electron chi connectivity index (χ0n) is 11.5. The largest absolute Gasteiger partial charge is 0.496 e. The number of benzene rings is 2. The summed E-state index contributed by atoms with van der Waals surface area (Å²) in [5, 5.41) is 0. The van der Waals surface area contributed by atoms with E-state index in [1.54, 1.807) is 18.2 Å². The average Bonchev–Trinajstić information content (AvgIpc) is 2.47. The van der Waals surface area contributed by atoms with E-state index in [4.69, 9.17) is 10.5 Å². The minimum Gasteiger partial charge on any atom is -0.496 e. The first kappa shape index (κ1) is 15.5. The number of nitrogens with two attached hydrogens (primary N) is 1. The van der Waals surface area contributed by atoms with Crippen LogP contribution in [0.4, 0.5) is 4.39 Å². The lowest BCUT2D eigenvalue weighted by Gasteiger charge is -2.10. The Bertz CT molecular complexity index is 727. The molecular formula is C15H16FNO3S. The molecule has 0 fully saturated rings. The summed E-state index contributed by atoms with van der Waals surface area (Å²) in [6.45, 7) is 0.258. The Morgan fingerprint density at radius 1 is 1.14 bits per heavy atom. The van der Waals surface area contributed by atoms with Crippen molar-refractivity contribution in [2.24, 2.45) is 5.73 Å². The van der Waals surface area contributed by atoms with E-state index in [-0.39, 0.29) is 17.2 Å². The molecule has 2 rings (SSSR count). The highest BCUT2D eigenvalue weighted by Crippen LogP contribution is 2.23. The molecule has 2 aromatic carbocycles. The van der Waals surface area contributed by atoms with Crippen LogP contribution >= 0.6 is 0 Å². The average molecular weight is 309 g/mol. The predicted molar refractivity (Wildman–Crippen MR) is 78.2 cm³/mol. The third-order valence-corrected chi connectivity index (χ3v) is 4.80. The number of sulfone groups is 1. The molecule has 0 aliphatic heterocycles. The van der Waals surface area contributed by atoms with Crippen LogP contribution in [0.1, 0.15) is 11.1 Å². The molecule has 0 bridgehead atoms. The zero-order chi connectivity index (χ0) is 15.5. The molecule has 0 radical (unpaired) electrons. The van der Waals surface area contributed by atoms with Crippen molar-refractivity contribution in [3.8, 4) is 5.75 Å². The number of methoxy groups -OCH3 is 1. The Labute approximate surface area is 123 Å². The number of rotatable bonds is 5. The number of ether oxygens (including phenoxy) is 1. The van der Waals surface area contributed by atoms with E-state index in [0.717, 1.165) is 17.7 Å². The number of hydrogen-bond acceptors (Lipinski definition) is 4. The standard InChI is InChI=1S/C15H16FNO3S/c1-20-15-7-2-11(8-12(15)9-17)10-21(18,19)14-5-3-13(16)4-6-14/h2-8H,9-10,17H2,1H3. The molecule has 0 unspecified atom stereocenters. The van der Waals surface area contributed by atoms with Crippen molar-refractivity contribution in [1.82, 2.24) is 0 Å².